The Morgan fingerprint density at radius 2 is 0.592 bits per heavy atom. The van der Waals surface area contributed by atoms with E-state index in [4.69, 9.17) is 0 Å². The zero-order chi connectivity index (χ0) is 51.6. The van der Waals surface area contributed by atoms with Crippen molar-refractivity contribution in [2.24, 2.45) is 15.4 Å². The second-order valence-electron chi connectivity index (χ2n) is 22.5. The van der Waals surface area contributed by atoms with Crippen LogP contribution in [0.2, 0.25) is 0 Å². The Kier molecular flexibility index (Phi) is 13.8. The van der Waals surface area contributed by atoms with Crippen molar-refractivity contribution in [2.75, 3.05) is 0 Å². The first-order valence-corrected chi connectivity index (χ1v) is 23.7. The lowest BCUT2D eigenvalue weighted by molar-refractivity contribution is 0.589. The summed E-state index contributed by atoms with van der Waals surface area (Å²) < 4.78 is 0. The molecule has 0 fully saturated rings. The second-order valence-corrected chi connectivity index (χ2v) is 22.5. The van der Waals surface area contributed by atoms with Gasteiger partial charge in [0.25, 0.3) is 0 Å². The summed E-state index contributed by atoms with van der Waals surface area (Å²) in [6, 6.07) is 41.7. The molecule has 8 heteroatoms. The van der Waals surface area contributed by atoms with Gasteiger partial charge in [0.15, 0.2) is 0 Å². The number of nitriles is 5. The van der Waals surface area contributed by atoms with Gasteiger partial charge >= 0.3 is 0 Å². The summed E-state index contributed by atoms with van der Waals surface area (Å²) >= 11 is 0. The Hall–Kier alpha value is -8.48. The Morgan fingerprint density at radius 1 is 0.338 bits per heavy atom. The summed E-state index contributed by atoms with van der Waals surface area (Å²) in [6.45, 7) is 25.4. The van der Waals surface area contributed by atoms with Crippen molar-refractivity contribution in [1.82, 2.24) is 0 Å². The van der Waals surface area contributed by atoms with Gasteiger partial charge in [-0.1, -0.05) is 107 Å². The number of hydrogen-bond donors (Lipinski definition) is 0. The van der Waals surface area contributed by atoms with Crippen LogP contribution in [0.25, 0.3) is 58.2 Å². The lowest BCUT2D eigenvalue weighted by atomic mass is 9.82. The standard InChI is InChI=1S/C63H58N8/c1-60(2,3)55-24-40-14-46(30-55)52(35-66)22-42-16-48(32-57(26-42)62(7,8)9)54(37-68)23-43-17-47(31-58(27-43)63(10,11)12)53(36-67)21-41-15-45(29-56(25-41)61(4,5)6)51(34-65)19-39-13-44(50(20-40)33-64)28-49(18-39)59-38-69-71-70-59/h13-32,38,59H,1-12H3/b50-20+,51-19+,52-22+,53-21+,54-23+. The highest BCUT2D eigenvalue weighted by Gasteiger charge is 2.23. The summed E-state index contributed by atoms with van der Waals surface area (Å²) in [5.41, 5.74) is 12.3. The second kappa shape index (κ2) is 19.5. The first-order valence-electron chi connectivity index (χ1n) is 23.7. The summed E-state index contributed by atoms with van der Waals surface area (Å²) in [6.07, 6.45) is 10.9. The normalized spacial score (nSPS) is 18.8. The summed E-state index contributed by atoms with van der Waals surface area (Å²) in [7, 11) is 0. The fourth-order valence-electron chi connectivity index (χ4n) is 8.48. The maximum atomic E-state index is 10.9. The van der Waals surface area contributed by atoms with Gasteiger partial charge in [-0.25, -0.2) is 0 Å². The van der Waals surface area contributed by atoms with Crippen molar-refractivity contribution in [1.29, 1.82) is 26.3 Å². The largest absolute Gasteiger partial charge is 0.192 e. The number of allylic oxidation sites excluding steroid dienone is 5. The van der Waals surface area contributed by atoms with E-state index in [2.05, 4.69) is 147 Å². The van der Waals surface area contributed by atoms with Crippen molar-refractivity contribution in [3.63, 3.8) is 0 Å². The Bertz CT molecular complexity index is 3410. The van der Waals surface area contributed by atoms with E-state index in [0.29, 0.717) is 61.2 Å². The van der Waals surface area contributed by atoms with Gasteiger partial charge in [0.2, 0.25) is 0 Å². The van der Waals surface area contributed by atoms with Crippen LogP contribution in [0.3, 0.4) is 0 Å². The van der Waals surface area contributed by atoms with Crippen LogP contribution in [-0.2, 0) is 21.7 Å². The molecule has 5 aromatic rings. The SMILES string of the molecule is CC(C)(C)c1cc2cc(c1)/C(C#N)=C/c1cc(cc(C(C)(C)C)c1)/C(C#N)=C/c1cc(cc(C(C)(C)C)c1)/C(C#N)=C/c1cc(cc(C(C)(C)C)c1)/C(C#N)=C/c1cc(cc(C3C=NN=N3)c1)/C(C#N)=C/2. The van der Waals surface area contributed by atoms with E-state index in [0.717, 1.165) is 50.1 Å². The zero-order valence-electron chi connectivity index (χ0n) is 42.8. The van der Waals surface area contributed by atoms with Crippen molar-refractivity contribution >= 4 is 64.5 Å². The van der Waals surface area contributed by atoms with Crippen LogP contribution in [0.1, 0.15) is 173 Å². The predicted molar refractivity (Wildman–Crippen MR) is 291 cm³/mol. The number of benzene rings is 5. The predicted octanol–water partition coefficient (Wildman–Crippen LogP) is 16.0. The Balaban J connectivity index is 1.62. The van der Waals surface area contributed by atoms with E-state index in [1.54, 1.807) is 6.21 Å². The van der Waals surface area contributed by atoms with Crippen LogP contribution in [0.15, 0.2) is 106 Å². The number of rotatable bonds is 1. The molecule has 7 rings (SSSR count). The number of nitrogens with zero attached hydrogens (tertiary/aromatic N) is 8. The molecule has 0 radical (unpaired) electrons. The third kappa shape index (κ3) is 11.7. The molecule has 0 amide bonds. The highest BCUT2D eigenvalue weighted by Crippen LogP contribution is 2.37. The molecule has 0 N–H and O–H groups in total. The lowest BCUT2D eigenvalue weighted by Gasteiger charge is -2.22. The molecule has 0 aromatic heterocycles. The molecule has 10 bridgehead atoms. The molecule has 0 saturated heterocycles. The quantitative estimate of drug-likeness (QED) is 0.164. The maximum absolute atomic E-state index is 10.9. The topological polar surface area (TPSA) is 156 Å². The first kappa shape index (κ1) is 50.4. The van der Waals surface area contributed by atoms with Crippen LogP contribution < -0.4 is 0 Å². The van der Waals surface area contributed by atoms with Crippen LogP contribution in [0.5, 0.6) is 0 Å². The number of fused-ring (bicyclic) bond motifs is 10. The van der Waals surface area contributed by atoms with Crippen molar-refractivity contribution < 1.29 is 0 Å². The van der Waals surface area contributed by atoms with E-state index in [1.165, 1.54) is 0 Å². The van der Waals surface area contributed by atoms with Gasteiger partial charge in [-0.15, -0.1) is 5.10 Å². The highest BCUT2D eigenvalue weighted by atomic mass is 15.4. The van der Waals surface area contributed by atoms with E-state index in [9.17, 15) is 26.3 Å². The molecule has 5 aromatic carbocycles. The van der Waals surface area contributed by atoms with E-state index in [1.807, 2.05) is 103 Å². The monoisotopic (exact) mass is 926 g/mol. The molecule has 71 heavy (non-hydrogen) atoms. The minimum Gasteiger partial charge on any atom is -0.192 e. The summed E-state index contributed by atoms with van der Waals surface area (Å²) in [4.78, 5) is 0. The van der Waals surface area contributed by atoms with E-state index < -0.39 is 6.04 Å². The molecule has 8 nitrogen and oxygen atoms in total. The van der Waals surface area contributed by atoms with Crippen molar-refractivity contribution in [3.05, 3.63) is 174 Å². The van der Waals surface area contributed by atoms with Crippen LogP contribution in [0.4, 0.5) is 0 Å². The molecule has 0 saturated carbocycles. The third-order valence-corrected chi connectivity index (χ3v) is 12.8. The van der Waals surface area contributed by atoms with Crippen LogP contribution in [0, 0.1) is 56.7 Å². The molecular formula is C63H58N8. The molecule has 2 aliphatic rings. The van der Waals surface area contributed by atoms with Gasteiger partial charge in [0.05, 0.1) is 64.4 Å². The molecule has 1 unspecified atom stereocenters. The van der Waals surface area contributed by atoms with Gasteiger partial charge in [-0.2, -0.15) is 31.4 Å². The van der Waals surface area contributed by atoms with Crippen LogP contribution in [-0.4, -0.2) is 6.21 Å². The lowest BCUT2D eigenvalue weighted by Crippen LogP contribution is -2.12. The average molecular weight is 927 g/mol. The van der Waals surface area contributed by atoms with Gasteiger partial charge in [0, 0.05) is 0 Å². The highest BCUT2D eigenvalue weighted by molar-refractivity contribution is 5.98. The van der Waals surface area contributed by atoms with Gasteiger partial charge in [0.1, 0.15) is 6.04 Å². The molecule has 1 heterocycles. The molecule has 1 aliphatic carbocycles. The van der Waals surface area contributed by atoms with Gasteiger partial charge in [-0.3, -0.25) is 0 Å². The summed E-state index contributed by atoms with van der Waals surface area (Å²) in [5.74, 6) is 0. The molecule has 0 spiro atoms. The molecule has 350 valence electrons. The van der Waals surface area contributed by atoms with Crippen LogP contribution >= 0.6 is 0 Å². The first-order chi connectivity index (χ1) is 33.4. The van der Waals surface area contributed by atoms with E-state index >= 15 is 0 Å². The minimum atomic E-state index is -0.498. The van der Waals surface area contributed by atoms with E-state index in [-0.39, 0.29) is 21.7 Å². The van der Waals surface area contributed by atoms with Crippen molar-refractivity contribution in [2.45, 2.75) is 111 Å². The fraction of sp³-hybridized carbons (Fsp3) is 0.270. The smallest absolute Gasteiger partial charge is 0.135 e. The zero-order valence-corrected chi connectivity index (χ0v) is 42.8. The molecule has 1 aliphatic heterocycles. The van der Waals surface area contributed by atoms with Gasteiger partial charge in [-0.05, 0) is 207 Å². The molecule has 1 atom stereocenters. The van der Waals surface area contributed by atoms with Crippen molar-refractivity contribution in [3.8, 4) is 30.3 Å². The van der Waals surface area contributed by atoms with Gasteiger partial charge < -0.3 is 0 Å². The number of hydrogen-bond acceptors (Lipinski definition) is 8. The molecular weight excluding hydrogens is 869 g/mol. The Labute approximate surface area is 420 Å². The Morgan fingerprint density at radius 3 is 0.817 bits per heavy atom. The minimum absolute atomic E-state index is 0.310. The average Bonchev–Trinajstić information content (AvgIpc) is 3.86. The maximum Gasteiger partial charge on any atom is 0.135 e. The fourth-order valence-corrected chi connectivity index (χ4v) is 8.48. The third-order valence-electron chi connectivity index (χ3n) is 12.8. The summed E-state index contributed by atoms with van der Waals surface area (Å²) in [5, 5.41) is 66.9.